The average molecular weight is 372 g/mol. The van der Waals surface area contributed by atoms with E-state index in [1.165, 1.54) is 14.0 Å². The number of carbonyl (C=O) groups is 3. The second kappa shape index (κ2) is 10.0. The van der Waals surface area contributed by atoms with Gasteiger partial charge < -0.3 is 19.3 Å². The van der Waals surface area contributed by atoms with Gasteiger partial charge >= 0.3 is 11.9 Å². The quantitative estimate of drug-likeness (QED) is 0.648. The molecule has 0 radical (unpaired) electrons. The van der Waals surface area contributed by atoms with E-state index < -0.39 is 48.7 Å². The minimum atomic E-state index is -1.07. The zero-order chi connectivity index (χ0) is 20.0. The molecule has 0 aliphatic heterocycles. The molecule has 1 rings (SSSR count). The highest BCUT2D eigenvalue weighted by molar-refractivity contribution is 5.90. The lowest BCUT2D eigenvalue weighted by Gasteiger charge is -2.45. The molecular formula is C19H32O7. The molecule has 0 heterocycles. The molecule has 1 N–H and O–H groups in total. The third kappa shape index (κ3) is 5.27. The maximum atomic E-state index is 12.9. The van der Waals surface area contributed by atoms with Crippen LogP contribution in [0.1, 0.15) is 47.5 Å². The Morgan fingerprint density at radius 1 is 1.15 bits per heavy atom. The molecule has 6 atom stereocenters. The highest BCUT2D eigenvalue weighted by atomic mass is 16.6. The molecule has 7 nitrogen and oxygen atoms in total. The number of Topliss-reactive ketones (excluding diaryl/α,β-unsaturated/α-hetero) is 1. The molecule has 0 amide bonds. The molecule has 7 heteroatoms. The zero-order valence-electron chi connectivity index (χ0n) is 16.6. The standard InChI is InChI=1S/C19H32O7/c1-7-11(4)8-14(22)26-18-15(10(2)3)19(25-12(5)21)17(24-6)13(9-20)16(18)23/h10-11,13,15,17-20H,7-9H2,1-6H3/t11-,13-,15+,17-,18-,19+/m1/s1. The van der Waals surface area contributed by atoms with Gasteiger partial charge in [-0.2, -0.15) is 0 Å². The van der Waals surface area contributed by atoms with Crippen LogP contribution in [-0.2, 0) is 28.6 Å². The first-order valence-corrected chi connectivity index (χ1v) is 9.21. The molecule has 1 saturated carbocycles. The van der Waals surface area contributed by atoms with E-state index in [1.54, 1.807) is 0 Å². The summed E-state index contributed by atoms with van der Waals surface area (Å²) in [6, 6.07) is 0. The Morgan fingerprint density at radius 2 is 1.77 bits per heavy atom. The largest absolute Gasteiger partial charge is 0.459 e. The van der Waals surface area contributed by atoms with Crippen LogP contribution < -0.4 is 0 Å². The summed E-state index contributed by atoms with van der Waals surface area (Å²) in [6.45, 7) is 8.45. The predicted molar refractivity (Wildman–Crippen MR) is 94.2 cm³/mol. The van der Waals surface area contributed by atoms with E-state index in [4.69, 9.17) is 14.2 Å². The fourth-order valence-electron chi connectivity index (χ4n) is 3.50. The molecule has 0 aromatic carbocycles. The number of aliphatic hydroxyl groups excluding tert-OH is 1. The number of methoxy groups -OCH3 is 1. The van der Waals surface area contributed by atoms with Crippen LogP contribution in [0.4, 0.5) is 0 Å². The minimum absolute atomic E-state index is 0.109. The van der Waals surface area contributed by atoms with E-state index in [0.717, 1.165) is 6.42 Å². The van der Waals surface area contributed by atoms with Gasteiger partial charge in [0.1, 0.15) is 12.2 Å². The Labute approximate surface area is 155 Å². The van der Waals surface area contributed by atoms with E-state index in [-0.39, 0.29) is 24.0 Å². The van der Waals surface area contributed by atoms with Crippen molar-refractivity contribution in [2.45, 2.75) is 65.8 Å². The van der Waals surface area contributed by atoms with Gasteiger partial charge in [0, 0.05) is 26.4 Å². The van der Waals surface area contributed by atoms with Crippen molar-refractivity contribution in [2.24, 2.45) is 23.7 Å². The predicted octanol–water partition coefficient (Wildman–Crippen LogP) is 1.74. The number of esters is 2. The number of rotatable bonds is 8. The third-order valence-corrected chi connectivity index (χ3v) is 5.11. The van der Waals surface area contributed by atoms with Crippen molar-refractivity contribution in [2.75, 3.05) is 13.7 Å². The van der Waals surface area contributed by atoms with Crippen LogP contribution in [0.2, 0.25) is 0 Å². The van der Waals surface area contributed by atoms with Crippen LogP contribution in [0.15, 0.2) is 0 Å². The Hall–Kier alpha value is -1.47. The highest BCUT2D eigenvalue weighted by Crippen LogP contribution is 2.37. The molecular weight excluding hydrogens is 340 g/mol. The van der Waals surface area contributed by atoms with Crippen molar-refractivity contribution < 1.29 is 33.7 Å². The van der Waals surface area contributed by atoms with Crippen molar-refractivity contribution in [3.8, 4) is 0 Å². The van der Waals surface area contributed by atoms with E-state index in [9.17, 15) is 19.5 Å². The van der Waals surface area contributed by atoms with Gasteiger partial charge in [-0.1, -0.05) is 34.1 Å². The summed E-state index contributed by atoms with van der Waals surface area (Å²) in [5.41, 5.74) is 0. The molecule has 0 aromatic heterocycles. The summed E-state index contributed by atoms with van der Waals surface area (Å²) in [5.74, 6) is -2.79. The maximum absolute atomic E-state index is 12.9. The van der Waals surface area contributed by atoms with Crippen LogP contribution in [0, 0.1) is 23.7 Å². The molecule has 0 saturated heterocycles. The summed E-state index contributed by atoms with van der Waals surface area (Å²) in [7, 11) is 1.41. The van der Waals surface area contributed by atoms with E-state index in [1.807, 2.05) is 27.7 Å². The average Bonchev–Trinajstić information content (AvgIpc) is 2.56. The third-order valence-electron chi connectivity index (χ3n) is 5.11. The highest BCUT2D eigenvalue weighted by Gasteiger charge is 2.54. The molecule has 0 aromatic rings. The van der Waals surface area contributed by atoms with Crippen LogP contribution in [0.25, 0.3) is 0 Å². The fourth-order valence-corrected chi connectivity index (χ4v) is 3.50. The second-order valence-electron chi connectivity index (χ2n) is 7.42. The first kappa shape index (κ1) is 22.6. The summed E-state index contributed by atoms with van der Waals surface area (Å²) in [4.78, 5) is 36.8. The molecule has 0 spiro atoms. The lowest BCUT2D eigenvalue weighted by molar-refractivity contribution is -0.199. The molecule has 26 heavy (non-hydrogen) atoms. The SMILES string of the molecule is CC[C@@H](C)CC(=O)O[C@H]1C(=O)[C@@H](CO)[C@@H](OC)[C@@H](OC(C)=O)[C@H]1C(C)C. The number of hydrogen-bond acceptors (Lipinski definition) is 7. The second-order valence-corrected chi connectivity index (χ2v) is 7.42. The van der Waals surface area contributed by atoms with Gasteiger partial charge in [0.25, 0.3) is 0 Å². The van der Waals surface area contributed by atoms with Crippen molar-refractivity contribution in [3.63, 3.8) is 0 Å². The Kier molecular flexibility index (Phi) is 8.70. The van der Waals surface area contributed by atoms with Crippen molar-refractivity contribution in [1.82, 2.24) is 0 Å². The van der Waals surface area contributed by atoms with Crippen molar-refractivity contribution in [3.05, 3.63) is 0 Å². The van der Waals surface area contributed by atoms with Gasteiger partial charge in [-0.05, 0) is 11.8 Å². The monoisotopic (exact) mass is 372 g/mol. The Morgan fingerprint density at radius 3 is 2.19 bits per heavy atom. The van der Waals surface area contributed by atoms with Crippen LogP contribution >= 0.6 is 0 Å². The van der Waals surface area contributed by atoms with Gasteiger partial charge in [-0.3, -0.25) is 14.4 Å². The summed E-state index contributed by atoms with van der Waals surface area (Å²) in [5, 5.41) is 9.69. The lowest BCUT2D eigenvalue weighted by Crippen LogP contribution is -2.61. The maximum Gasteiger partial charge on any atom is 0.306 e. The molecule has 0 unspecified atom stereocenters. The number of carbonyl (C=O) groups excluding carboxylic acids is 3. The van der Waals surface area contributed by atoms with Crippen LogP contribution in [0.5, 0.6) is 0 Å². The fraction of sp³-hybridized carbons (Fsp3) is 0.842. The van der Waals surface area contributed by atoms with E-state index >= 15 is 0 Å². The molecule has 0 bridgehead atoms. The van der Waals surface area contributed by atoms with Crippen molar-refractivity contribution in [1.29, 1.82) is 0 Å². The van der Waals surface area contributed by atoms with Gasteiger partial charge in [0.15, 0.2) is 11.9 Å². The zero-order valence-corrected chi connectivity index (χ0v) is 16.6. The van der Waals surface area contributed by atoms with Gasteiger partial charge in [0.05, 0.1) is 12.5 Å². The van der Waals surface area contributed by atoms with Gasteiger partial charge in [-0.25, -0.2) is 0 Å². The molecule has 150 valence electrons. The molecule has 1 aliphatic carbocycles. The lowest BCUT2D eigenvalue weighted by atomic mass is 9.70. The van der Waals surface area contributed by atoms with E-state index in [0.29, 0.717) is 0 Å². The Balaban J connectivity index is 3.19. The number of ether oxygens (including phenoxy) is 3. The summed E-state index contributed by atoms with van der Waals surface area (Å²) >= 11 is 0. The van der Waals surface area contributed by atoms with Gasteiger partial charge in [-0.15, -0.1) is 0 Å². The summed E-state index contributed by atoms with van der Waals surface area (Å²) in [6.07, 6.45) is -1.61. The Bertz CT molecular complexity index is 502. The topological polar surface area (TPSA) is 99.1 Å². The van der Waals surface area contributed by atoms with Crippen LogP contribution in [-0.4, -0.2) is 54.9 Å². The first-order valence-electron chi connectivity index (χ1n) is 9.21. The van der Waals surface area contributed by atoms with Crippen molar-refractivity contribution >= 4 is 17.7 Å². The normalized spacial score (nSPS) is 30.2. The first-order chi connectivity index (χ1) is 12.2. The molecule has 1 fully saturated rings. The number of hydrogen-bond donors (Lipinski definition) is 1. The number of aliphatic hydroxyl groups is 1. The minimum Gasteiger partial charge on any atom is -0.459 e. The summed E-state index contributed by atoms with van der Waals surface area (Å²) < 4.78 is 16.4. The smallest absolute Gasteiger partial charge is 0.306 e. The van der Waals surface area contributed by atoms with Crippen LogP contribution in [0.3, 0.4) is 0 Å². The van der Waals surface area contributed by atoms with Gasteiger partial charge in [0.2, 0.25) is 0 Å². The number of ketones is 1. The molecule has 1 aliphatic rings. The van der Waals surface area contributed by atoms with E-state index in [2.05, 4.69) is 0 Å².